The van der Waals surface area contributed by atoms with Gasteiger partial charge in [-0.3, -0.25) is 9.78 Å². The van der Waals surface area contributed by atoms with Crippen molar-refractivity contribution >= 4 is 21.8 Å². The Morgan fingerprint density at radius 3 is 3.05 bits per heavy atom. The fourth-order valence-electron chi connectivity index (χ4n) is 2.33. The number of hydrogen-bond donors (Lipinski definition) is 0. The lowest BCUT2D eigenvalue weighted by molar-refractivity contribution is -0.136. The molecule has 1 unspecified atom stereocenters. The van der Waals surface area contributed by atoms with Gasteiger partial charge in [0.05, 0.1) is 23.0 Å². The molecule has 0 radical (unpaired) electrons. The second-order valence-electron chi connectivity index (χ2n) is 5.09. The standard InChI is InChI=1S/C16H19BrN2O2/c1-4-6-13-10-21-15-12(7-18-8-14(15)17)9-19(13)16(20)11(3)5-2/h4-5,7-8,11,13H,1-2,6,9-10H2,3H3/t11?,13-/m1/s1. The lowest BCUT2D eigenvalue weighted by Crippen LogP contribution is -2.43. The molecule has 1 aliphatic heterocycles. The first-order valence-corrected chi connectivity index (χ1v) is 7.66. The zero-order chi connectivity index (χ0) is 15.4. The topological polar surface area (TPSA) is 42.4 Å². The van der Waals surface area contributed by atoms with Crippen LogP contribution in [-0.4, -0.2) is 28.4 Å². The number of pyridine rings is 1. The molecule has 0 spiro atoms. The molecule has 0 N–H and O–H groups in total. The summed E-state index contributed by atoms with van der Waals surface area (Å²) in [7, 11) is 0. The molecule has 1 aliphatic rings. The van der Waals surface area contributed by atoms with Gasteiger partial charge in [0.1, 0.15) is 12.4 Å². The van der Waals surface area contributed by atoms with Crippen LogP contribution in [0.2, 0.25) is 0 Å². The highest BCUT2D eigenvalue weighted by molar-refractivity contribution is 9.10. The van der Waals surface area contributed by atoms with Gasteiger partial charge in [-0.1, -0.05) is 19.1 Å². The minimum Gasteiger partial charge on any atom is -0.490 e. The Morgan fingerprint density at radius 2 is 2.38 bits per heavy atom. The normalized spacial score (nSPS) is 19.0. The van der Waals surface area contributed by atoms with E-state index in [-0.39, 0.29) is 17.9 Å². The lowest BCUT2D eigenvalue weighted by atomic mass is 10.1. The molecule has 1 aromatic rings. The number of rotatable bonds is 4. The summed E-state index contributed by atoms with van der Waals surface area (Å²) in [6.45, 7) is 10.3. The third kappa shape index (κ3) is 3.35. The number of carbonyl (C=O) groups excluding carboxylic acids is 1. The Labute approximate surface area is 133 Å². The molecule has 5 heteroatoms. The largest absolute Gasteiger partial charge is 0.490 e. The Bertz CT molecular complexity index is 559. The van der Waals surface area contributed by atoms with Gasteiger partial charge >= 0.3 is 0 Å². The summed E-state index contributed by atoms with van der Waals surface area (Å²) in [6, 6.07) is -0.0308. The molecule has 1 amide bonds. The van der Waals surface area contributed by atoms with Crippen LogP contribution in [0.5, 0.6) is 5.75 Å². The van der Waals surface area contributed by atoms with E-state index in [1.165, 1.54) is 0 Å². The predicted molar refractivity (Wildman–Crippen MR) is 85.9 cm³/mol. The van der Waals surface area contributed by atoms with Gasteiger partial charge in [0.2, 0.25) is 5.91 Å². The molecule has 0 saturated carbocycles. The van der Waals surface area contributed by atoms with Crippen LogP contribution in [0.15, 0.2) is 42.2 Å². The number of carbonyl (C=O) groups is 1. The number of ether oxygens (including phenoxy) is 1. The van der Waals surface area contributed by atoms with E-state index in [0.29, 0.717) is 19.6 Å². The minimum atomic E-state index is -0.223. The summed E-state index contributed by atoms with van der Waals surface area (Å²) in [6.07, 6.45) is 7.62. The van der Waals surface area contributed by atoms with Crippen molar-refractivity contribution in [2.45, 2.75) is 25.9 Å². The van der Waals surface area contributed by atoms with E-state index in [1.54, 1.807) is 18.5 Å². The van der Waals surface area contributed by atoms with Gasteiger partial charge in [-0.05, 0) is 22.4 Å². The van der Waals surface area contributed by atoms with Crippen molar-refractivity contribution < 1.29 is 9.53 Å². The first kappa shape index (κ1) is 15.8. The van der Waals surface area contributed by atoms with E-state index in [2.05, 4.69) is 34.1 Å². The van der Waals surface area contributed by atoms with Crippen molar-refractivity contribution in [2.75, 3.05) is 6.61 Å². The summed E-state index contributed by atoms with van der Waals surface area (Å²) in [5.74, 6) is 0.591. The molecule has 2 rings (SSSR count). The summed E-state index contributed by atoms with van der Waals surface area (Å²) >= 11 is 3.45. The van der Waals surface area contributed by atoms with Crippen molar-refractivity contribution in [3.8, 4) is 5.75 Å². The Kier molecular flexibility index (Phi) is 5.17. The van der Waals surface area contributed by atoms with Gasteiger partial charge < -0.3 is 9.64 Å². The van der Waals surface area contributed by atoms with Crippen LogP contribution in [0.3, 0.4) is 0 Å². The first-order valence-electron chi connectivity index (χ1n) is 6.87. The molecule has 0 bridgehead atoms. The van der Waals surface area contributed by atoms with E-state index < -0.39 is 0 Å². The van der Waals surface area contributed by atoms with Crippen molar-refractivity contribution in [1.82, 2.24) is 9.88 Å². The summed E-state index contributed by atoms with van der Waals surface area (Å²) in [5.41, 5.74) is 0.903. The Hall–Kier alpha value is -1.62. The monoisotopic (exact) mass is 350 g/mol. The summed E-state index contributed by atoms with van der Waals surface area (Å²) in [4.78, 5) is 18.6. The number of halogens is 1. The van der Waals surface area contributed by atoms with Gasteiger partial charge in [0.25, 0.3) is 0 Å². The van der Waals surface area contributed by atoms with Crippen LogP contribution < -0.4 is 4.74 Å². The predicted octanol–water partition coefficient (Wildman–Crippen LogP) is 3.33. The fraction of sp³-hybridized carbons (Fsp3) is 0.375. The van der Waals surface area contributed by atoms with Crippen molar-refractivity contribution in [3.63, 3.8) is 0 Å². The van der Waals surface area contributed by atoms with Gasteiger partial charge in [-0.15, -0.1) is 13.2 Å². The van der Waals surface area contributed by atoms with Gasteiger partial charge in [-0.2, -0.15) is 0 Å². The average Bonchev–Trinajstić information content (AvgIpc) is 2.67. The smallest absolute Gasteiger partial charge is 0.229 e. The van der Waals surface area contributed by atoms with Crippen LogP contribution in [0.25, 0.3) is 0 Å². The number of fused-ring (bicyclic) bond motifs is 1. The second kappa shape index (κ2) is 6.89. The molecule has 2 atom stereocenters. The van der Waals surface area contributed by atoms with E-state index in [9.17, 15) is 4.79 Å². The Balaban J connectivity index is 2.36. The van der Waals surface area contributed by atoms with E-state index >= 15 is 0 Å². The maximum absolute atomic E-state index is 12.6. The minimum absolute atomic E-state index is 0.0308. The van der Waals surface area contributed by atoms with Crippen molar-refractivity contribution in [3.05, 3.63) is 47.7 Å². The van der Waals surface area contributed by atoms with Gasteiger partial charge in [0.15, 0.2) is 0 Å². The van der Waals surface area contributed by atoms with Crippen LogP contribution >= 0.6 is 15.9 Å². The molecule has 2 heterocycles. The van der Waals surface area contributed by atoms with Crippen molar-refractivity contribution in [1.29, 1.82) is 0 Å². The number of aromatic nitrogens is 1. The summed E-state index contributed by atoms with van der Waals surface area (Å²) in [5, 5.41) is 0. The van der Waals surface area contributed by atoms with Crippen LogP contribution in [0.4, 0.5) is 0 Å². The Morgan fingerprint density at radius 1 is 1.62 bits per heavy atom. The average molecular weight is 351 g/mol. The van der Waals surface area contributed by atoms with E-state index in [0.717, 1.165) is 15.8 Å². The van der Waals surface area contributed by atoms with Crippen LogP contribution in [-0.2, 0) is 11.3 Å². The molecule has 0 fully saturated rings. The zero-order valence-corrected chi connectivity index (χ0v) is 13.7. The third-order valence-electron chi connectivity index (χ3n) is 3.59. The fourth-order valence-corrected chi connectivity index (χ4v) is 2.81. The molecule has 21 heavy (non-hydrogen) atoms. The van der Waals surface area contributed by atoms with Crippen LogP contribution in [0.1, 0.15) is 18.9 Å². The highest BCUT2D eigenvalue weighted by Crippen LogP contribution is 2.32. The summed E-state index contributed by atoms with van der Waals surface area (Å²) < 4.78 is 6.69. The highest BCUT2D eigenvalue weighted by Gasteiger charge is 2.30. The van der Waals surface area contributed by atoms with E-state index in [1.807, 2.05) is 17.9 Å². The molecule has 0 saturated heterocycles. The number of nitrogens with zero attached hydrogens (tertiary/aromatic N) is 2. The quantitative estimate of drug-likeness (QED) is 0.782. The number of amides is 1. The molecular weight excluding hydrogens is 332 g/mol. The van der Waals surface area contributed by atoms with E-state index in [4.69, 9.17) is 4.74 Å². The second-order valence-corrected chi connectivity index (χ2v) is 5.94. The van der Waals surface area contributed by atoms with Crippen LogP contribution in [0, 0.1) is 5.92 Å². The molecular formula is C16H19BrN2O2. The highest BCUT2D eigenvalue weighted by atomic mass is 79.9. The van der Waals surface area contributed by atoms with Crippen molar-refractivity contribution in [2.24, 2.45) is 5.92 Å². The van der Waals surface area contributed by atoms with Gasteiger partial charge in [0, 0.05) is 18.0 Å². The maximum Gasteiger partial charge on any atom is 0.229 e. The maximum atomic E-state index is 12.6. The molecule has 4 nitrogen and oxygen atoms in total. The van der Waals surface area contributed by atoms with Gasteiger partial charge in [-0.25, -0.2) is 0 Å². The molecule has 112 valence electrons. The number of hydrogen-bond acceptors (Lipinski definition) is 3. The zero-order valence-electron chi connectivity index (χ0n) is 12.1. The first-order chi connectivity index (χ1) is 10.1. The molecule has 1 aromatic heterocycles. The SMILES string of the molecule is C=CC[C@@H]1COc2c(Br)cncc2CN1C(=O)C(C)C=C. The molecule has 0 aliphatic carbocycles. The third-order valence-corrected chi connectivity index (χ3v) is 4.16. The molecule has 0 aromatic carbocycles. The lowest BCUT2D eigenvalue weighted by Gasteiger charge is -2.30.